The molecule has 1 unspecified atom stereocenters. The molecule has 0 heterocycles. The molecule has 0 amide bonds. The average molecular weight is 817 g/mol. The third-order valence-electron chi connectivity index (χ3n) is 11.7. The van der Waals surface area contributed by atoms with Crippen molar-refractivity contribution in [1.29, 1.82) is 0 Å². The lowest BCUT2D eigenvalue weighted by atomic mass is 10.0. The van der Waals surface area contributed by atoms with Crippen molar-refractivity contribution >= 4 is 11.9 Å². The minimum absolute atomic E-state index is 0.0654. The second kappa shape index (κ2) is 49.7. The summed E-state index contributed by atoms with van der Waals surface area (Å²) in [6.45, 7) is 4.16. The van der Waals surface area contributed by atoms with Crippen LogP contribution in [0.3, 0.4) is 0 Å². The number of rotatable bonds is 48. The zero-order chi connectivity index (χ0) is 42.1. The van der Waals surface area contributed by atoms with E-state index in [0.29, 0.717) is 12.8 Å². The number of allylic oxidation sites excluding steroid dienone is 4. The number of ether oxygens (including phenoxy) is 2. The van der Waals surface area contributed by atoms with E-state index in [1.165, 1.54) is 212 Å². The molecule has 1 N–H and O–H groups in total. The van der Waals surface area contributed by atoms with Crippen LogP contribution in [0.15, 0.2) is 24.3 Å². The SMILES string of the molecule is CCCCCCCC/C=C\CCCCCCCC(=O)OCC(CO)OC(=O)CCCCCCCCCCCCCCCCCCC/C=C\CCCCCCCCCC. The van der Waals surface area contributed by atoms with E-state index in [9.17, 15) is 14.7 Å². The molecule has 0 fully saturated rings. The van der Waals surface area contributed by atoms with Crippen LogP contribution in [-0.2, 0) is 19.1 Å². The zero-order valence-corrected chi connectivity index (χ0v) is 39.1. The smallest absolute Gasteiger partial charge is 0.306 e. The standard InChI is InChI=1S/C53H100O5/c1-3-5-7-9-11-13-15-17-19-20-21-22-23-24-25-26-27-28-29-30-31-32-34-36-38-40-42-44-46-48-53(56)58-51(49-54)50-57-52(55)47-45-43-41-39-37-35-33-18-16-14-12-10-8-6-4-2/h18,20-21,33,51,54H,3-17,19,22-32,34-50H2,1-2H3/b21-20-,33-18-. The Morgan fingerprint density at radius 1 is 0.379 bits per heavy atom. The van der Waals surface area contributed by atoms with Gasteiger partial charge in [-0.15, -0.1) is 0 Å². The van der Waals surface area contributed by atoms with E-state index in [-0.39, 0.29) is 25.2 Å². The van der Waals surface area contributed by atoms with Crippen molar-refractivity contribution in [2.75, 3.05) is 13.2 Å². The van der Waals surface area contributed by atoms with Crippen molar-refractivity contribution in [3.05, 3.63) is 24.3 Å². The van der Waals surface area contributed by atoms with Gasteiger partial charge in [0, 0.05) is 12.8 Å². The Labute approximate surface area is 362 Å². The van der Waals surface area contributed by atoms with Crippen LogP contribution in [0.5, 0.6) is 0 Å². The Morgan fingerprint density at radius 3 is 0.931 bits per heavy atom. The quantitative estimate of drug-likeness (QED) is 0.0376. The van der Waals surface area contributed by atoms with Crippen LogP contribution in [-0.4, -0.2) is 36.4 Å². The molecule has 0 aromatic rings. The fraction of sp³-hybridized carbons (Fsp3) is 0.887. The number of esters is 2. The van der Waals surface area contributed by atoms with Crippen molar-refractivity contribution in [2.24, 2.45) is 0 Å². The maximum Gasteiger partial charge on any atom is 0.306 e. The molecule has 0 aromatic heterocycles. The molecule has 5 nitrogen and oxygen atoms in total. The second-order valence-corrected chi connectivity index (χ2v) is 17.6. The molecule has 1 atom stereocenters. The molecule has 5 heteroatoms. The lowest BCUT2D eigenvalue weighted by Gasteiger charge is -2.15. The van der Waals surface area contributed by atoms with E-state index in [4.69, 9.17) is 9.47 Å². The monoisotopic (exact) mass is 817 g/mol. The van der Waals surface area contributed by atoms with Gasteiger partial charge in [-0.3, -0.25) is 9.59 Å². The molecular weight excluding hydrogens is 717 g/mol. The molecular formula is C53H100O5. The second-order valence-electron chi connectivity index (χ2n) is 17.6. The topological polar surface area (TPSA) is 72.8 Å². The summed E-state index contributed by atoms with van der Waals surface area (Å²) >= 11 is 0. The molecule has 0 spiro atoms. The Kier molecular flexibility index (Phi) is 48.4. The summed E-state index contributed by atoms with van der Waals surface area (Å²) in [7, 11) is 0. The molecule has 0 aliphatic carbocycles. The fourth-order valence-corrected chi connectivity index (χ4v) is 7.78. The predicted octanol–water partition coefficient (Wildman–Crippen LogP) is 17.0. The van der Waals surface area contributed by atoms with E-state index >= 15 is 0 Å². The molecule has 342 valence electrons. The van der Waals surface area contributed by atoms with E-state index in [0.717, 1.165) is 44.9 Å². The lowest BCUT2D eigenvalue weighted by molar-refractivity contribution is -0.161. The third kappa shape index (κ3) is 47.1. The summed E-state index contributed by atoms with van der Waals surface area (Å²) in [4.78, 5) is 24.4. The summed E-state index contributed by atoms with van der Waals surface area (Å²) in [5.41, 5.74) is 0. The highest BCUT2D eigenvalue weighted by Gasteiger charge is 2.16. The Morgan fingerprint density at radius 2 is 0.638 bits per heavy atom. The maximum absolute atomic E-state index is 12.3. The molecule has 0 saturated heterocycles. The number of aliphatic hydroxyl groups excluding tert-OH is 1. The first kappa shape index (κ1) is 56.4. The number of carbonyl (C=O) groups is 2. The van der Waals surface area contributed by atoms with Crippen LogP contribution in [0, 0.1) is 0 Å². The van der Waals surface area contributed by atoms with Crippen LogP contribution >= 0.6 is 0 Å². The summed E-state index contributed by atoms with van der Waals surface area (Å²) < 4.78 is 10.7. The van der Waals surface area contributed by atoms with Gasteiger partial charge >= 0.3 is 11.9 Å². The van der Waals surface area contributed by atoms with E-state index in [2.05, 4.69) is 38.2 Å². The van der Waals surface area contributed by atoms with Crippen LogP contribution in [0.25, 0.3) is 0 Å². The van der Waals surface area contributed by atoms with Crippen LogP contribution in [0.2, 0.25) is 0 Å². The minimum atomic E-state index is -0.771. The summed E-state index contributed by atoms with van der Waals surface area (Å²) in [5, 5.41) is 9.61. The Balaban J connectivity index is 3.43. The predicted molar refractivity (Wildman–Crippen MR) is 251 cm³/mol. The van der Waals surface area contributed by atoms with Crippen LogP contribution in [0.4, 0.5) is 0 Å². The molecule has 0 aromatic carbocycles. The molecule has 58 heavy (non-hydrogen) atoms. The fourth-order valence-electron chi connectivity index (χ4n) is 7.78. The van der Waals surface area contributed by atoms with Crippen molar-refractivity contribution < 1.29 is 24.2 Å². The maximum atomic E-state index is 12.3. The average Bonchev–Trinajstić information content (AvgIpc) is 3.23. The highest BCUT2D eigenvalue weighted by molar-refractivity contribution is 5.70. The molecule has 0 aliphatic heterocycles. The van der Waals surface area contributed by atoms with Gasteiger partial charge in [0.05, 0.1) is 6.61 Å². The van der Waals surface area contributed by atoms with Gasteiger partial charge in [-0.25, -0.2) is 0 Å². The van der Waals surface area contributed by atoms with Gasteiger partial charge < -0.3 is 14.6 Å². The van der Waals surface area contributed by atoms with Gasteiger partial charge in [0.25, 0.3) is 0 Å². The normalized spacial score (nSPS) is 12.3. The van der Waals surface area contributed by atoms with E-state index in [1.54, 1.807) is 0 Å². The number of aliphatic hydroxyl groups is 1. The molecule has 0 rings (SSSR count). The van der Waals surface area contributed by atoms with E-state index < -0.39 is 6.10 Å². The lowest BCUT2D eigenvalue weighted by Crippen LogP contribution is -2.28. The molecule has 0 radical (unpaired) electrons. The first-order valence-electron chi connectivity index (χ1n) is 25.9. The Bertz CT molecular complexity index is 882. The van der Waals surface area contributed by atoms with Gasteiger partial charge in [-0.2, -0.15) is 0 Å². The zero-order valence-electron chi connectivity index (χ0n) is 39.1. The number of hydrogen-bond acceptors (Lipinski definition) is 5. The van der Waals surface area contributed by atoms with Crippen molar-refractivity contribution in [3.8, 4) is 0 Å². The van der Waals surface area contributed by atoms with Gasteiger partial charge in [0.15, 0.2) is 6.10 Å². The number of hydrogen-bond donors (Lipinski definition) is 1. The van der Waals surface area contributed by atoms with Crippen molar-refractivity contribution in [1.82, 2.24) is 0 Å². The summed E-state index contributed by atoms with van der Waals surface area (Å²) in [5.74, 6) is -0.587. The molecule has 0 bridgehead atoms. The first-order valence-corrected chi connectivity index (χ1v) is 25.9. The summed E-state index contributed by atoms with van der Waals surface area (Å²) in [6, 6.07) is 0. The van der Waals surface area contributed by atoms with Gasteiger partial charge in [-0.1, -0.05) is 231 Å². The summed E-state index contributed by atoms with van der Waals surface area (Å²) in [6.07, 6.45) is 61.4. The van der Waals surface area contributed by atoms with Crippen LogP contribution in [0.1, 0.15) is 284 Å². The van der Waals surface area contributed by atoms with Gasteiger partial charge in [0.1, 0.15) is 6.61 Å². The van der Waals surface area contributed by atoms with Gasteiger partial charge in [0.2, 0.25) is 0 Å². The van der Waals surface area contributed by atoms with E-state index in [1.807, 2.05) is 0 Å². The highest BCUT2D eigenvalue weighted by atomic mass is 16.6. The first-order chi connectivity index (χ1) is 28.6. The Hall–Kier alpha value is -1.62. The largest absolute Gasteiger partial charge is 0.462 e. The minimum Gasteiger partial charge on any atom is -0.462 e. The van der Waals surface area contributed by atoms with Gasteiger partial charge in [-0.05, 0) is 64.2 Å². The van der Waals surface area contributed by atoms with Crippen LogP contribution < -0.4 is 0 Å². The van der Waals surface area contributed by atoms with Crippen molar-refractivity contribution in [3.63, 3.8) is 0 Å². The highest BCUT2D eigenvalue weighted by Crippen LogP contribution is 2.16. The number of carbonyl (C=O) groups excluding carboxylic acids is 2. The van der Waals surface area contributed by atoms with Crippen molar-refractivity contribution in [2.45, 2.75) is 290 Å². The third-order valence-corrected chi connectivity index (χ3v) is 11.7. The molecule has 0 saturated carbocycles. The number of unbranched alkanes of at least 4 members (excludes halogenated alkanes) is 36. The molecule has 0 aliphatic rings.